The predicted octanol–water partition coefficient (Wildman–Crippen LogP) is 4.25. The van der Waals surface area contributed by atoms with Crippen molar-refractivity contribution in [2.75, 3.05) is 4.72 Å². The highest BCUT2D eigenvalue weighted by Crippen LogP contribution is 2.30. The van der Waals surface area contributed by atoms with E-state index in [1.54, 1.807) is 6.07 Å². The van der Waals surface area contributed by atoms with Gasteiger partial charge in [-0.25, -0.2) is 17.8 Å². The summed E-state index contributed by atoms with van der Waals surface area (Å²) in [6.07, 6.45) is 1.65. The number of aryl methyl sites for hydroxylation is 1. The van der Waals surface area contributed by atoms with E-state index in [4.69, 9.17) is 4.74 Å². The number of nitriles is 1. The average Bonchev–Trinajstić information content (AvgIpc) is 2.70. The Kier molecular flexibility index (Phi) is 5.57. The number of nitrogens with one attached hydrogen (secondary N) is 1. The van der Waals surface area contributed by atoms with Crippen molar-refractivity contribution < 1.29 is 17.5 Å². The van der Waals surface area contributed by atoms with Crippen LogP contribution in [0.1, 0.15) is 18.1 Å². The van der Waals surface area contributed by atoms with Crippen molar-refractivity contribution in [1.82, 2.24) is 4.98 Å². The summed E-state index contributed by atoms with van der Waals surface area (Å²) in [4.78, 5) is 3.54. The third kappa shape index (κ3) is 4.27. The van der Waals surface area contributed by atoms with Gasteiger partial charge in [0, 0.05) is 0 Å². The zero-order valence-corrected chi connectivity index (χ0v) is 15.7. The molecule has 0 radical (unpaired) electrons. The summed E-state index contributed by atoms with van der Waals surface area (Å²) in [5.41, 5.74) is 1.04. The van der Waals surface area contributed by atoms with Crippen LogP contribution in [0.25, 0.3) is 0 Å². The zero-order valence-electron chi connectivity index (χ0n) is 14.9. The number of benzene rings is 2. The van der Waals surface area contributed by atoms with Crippen molar-refractivity contribution in [2.24, 2.45) is 0 Å². The molecule has 0 saturated heterocycles. The van der Waals surface area contributed by atoms with Crippen LogP contribution in [-0.2, 0) is 16.4 Å². The monoisotopic (exact) mass is 397 g/mol. The SMILES string of the molecule is CCc1ccccc1Oc1ccc(S(=O)(=O)Nc2ccc(F)cn2)cc1C#N. The van der Waals surface area contributed by atoms with Crippen molar-refractivity contribution in [3.8, 4) is 17.6 Å². The number of ether oxygens (including phenoxy) is 1. The molecule has 0 fully saturated rings. The summed E-state index contributed by atoms with van der Waals surface area (Å²) in [5.74, 6) is 0.244. The summed E-state index contributed by atoms with van der Waals surface area (Å²) in [5, 5.41) is 9.43. The molecule has 0 amide bonds. The lowest BCUT2D eigenvalue weighted by molar-refractivity contribution is 0.475. The van der Waals surface area contributed by atoms with Crippen LogP contribution in [0.3, 0.4) is 0 Å². The molecule has 1 N–H and O–H groups in total. The van der Waals surface area contributed by atoms with E-state index in [1.807, 2.05) is 31.2 Å². The third-order valence-electron chi connectivity index (χ3n) is 3.92. The maximum absolute atomic E-state index is 12.9. The standard InChI is InChI=1S/C20H16FN3O3S/c1-2-14-5-3-4-6-18(14)27-19-9-8-17(11-15(19)12-22)28(25,26)24-20-10-7-16(21)13-23-20/h3-11,13H,2H2,1H3,(H,23,24). The first-order chi connectivity index (χ1) is 13.4. The van der Waals surface area contributed by atoms with Crippen molar-refractivity contribution >= 4 is 15.8 Å². The summed E-state index contributed by atoms with van der Waals surface area (Å²) in [6.45, 7) is 1.98. The van der Waals surface area contributed by atoms with Crippen molar-refractivity contribution in [3.63, 3.8) is 0 Å². The summed E-state index contributed by atoms with van der Waals surface area (Å²) in [6, 6.07) is 15.6. The van der Waals surface area contributed by atoms with Gasteiger partial charge in [-0.05, 0) is 48.4 Å². The molecule has 0 unspecified atom stereocenters. The van der Waals surface area contributed by atoms with E-state index < -0.39 is 15.8 Å². The lowest BCUT2D eigenvalue weighted by atomic mass is 10.1. The lowest BCUT2D eigenvalue weighted by Gasteiger charge is -2.12. The molecule has 3 aromatic rings. The number of pyridine rings is 1. The van der Waals surface area contributed by atoms with E-state index in [1.165, 1.54) is 24.3 Å². The van der Waals surface area contributed by atoms with Gasteiger partial charge in [0.2, 0.25) is 0 Å². The second kappa shape index (κ2) is 8.06. The Morgan fingerprint density at radius 2 is 1.93 bits per heavy atom. The first-order valence-corrected chi connectivity index (χ1v) is 9.85. The highest BCUT2D eigenvalue weighted by molar-refractivity contribution is 7.92. The first-order valence-electron chi connectivity index (χ1n) is 8.37. The molecule has 1 heterocycles. The first kappa shape index (κ1) is 19.3. The van der Waals surface area contributed by atoms with Crippen molar-refractivity contribution in [2.45, 2.75) is 18.2 Å². The third-order valence-corrected chi connectivity index (χ3v) is 5.27. The van der Waals surface area contributed by atoms with Crippen molar-refractivity contribution in [3.05, 3.63) is 77.7 Å². The van der Waals surface area contributed by atoms with Gasteiger partial charge in [0.1, 0.15) is 29.2 Å². The summed E-state index contributed by atoms with van der Waals surface area (Å²) < 4.78 is 46.1. The minimum absolute atomic E-state index is 0.0305. The smallest absolute Gasteiger partial charge is 0.263 e. The van der Waals surface area contributed by atoms with Crippen LogP contribution in [-0.4, -0.2) is 13.4 Å². The zero-order chi connectivity index (χ0) is 20.1. The number of aromatic nitrogens is 1. The fourth-order valence-corrected chi connectivity index (χ4v) is 3.53. The van der Waals surface area contributed by atoms with E-state index in [9.17, 15) is 18.1 Å². The van der Waals surface area contributed by atoms with E-state index in [-0.39, 0.29) is 22.0 Å². The molecule has 3 rings (SSSR count). The van der Waals surface area contributed by atoms with Gasteiger partial charge in [0.25, 0.3) is 10.0 Å². The molecule has 0 aliphatic carbocycles. The van der Waals surface area contributed by atoms with Crippen LogP contribution in [0.2, 0.25) is 0 Å². The lowest BCUT2D eigenvalue weighted by Crippen LogP contribution is -2.14. The molecule has 0 atom stereocenters. The fourth-order valence-electron chi connectivity index (χ4n) is 2.50. The number of hydrogen-bond donors (Lipinski definition) is 1. The second-order valence-electron chi connectivity index (χ2n) is 5.80. The molecule has 0 spiro atoms. The van der Waals surface area contributed by atoms with Gasteiger partial charge >= 0.3 is 0 Å². The van der Waals surface area contributed by atoms with Gasteiger partial charge in [-0.15, -0.1) is 0 Å². The van der Waals surface area contributed by atoms with Crippen LogP contribution in [0, 0.1) is 17.1 Å². The Hall–Kier alpha value is -3.44. The maximum Gasteiger partial charge on any atom is 0.263 e. The van der Waals surface area contributed by atoms with Gasteiger partial charge in [0.05, 0.1) is 16.7 Å². The molecule has 28 heavy (non-hydrogen) atoms. The number of anilines is 1. The Morgan fingerprint density at radius 3 is 2.61 bits per heavy atom. The Morgan fingerprint density at radius 1 is 1.14 bits per heavy atom. The maximum atomic E-state index is 12.9. The van der Waals surface area contributed by atoms with E-state index in [0.717, 1.165) is 24.2 Å². The molecule has 8 heteroatoms. The average molecular weight is 397 g/mol. The minimum Gasteiger partial charge on any atom is -0.456 e. The predicted molar refractivity (Wildman–Crippen MR) is 102 cm³/mol. The Labute approximate surface area is 162 Å². The number of halogens is 1. The number of hydrogen-bond acceptors (Lipinski definition) is 5. The van der Waals surface area contributed by atoms with Crippen molar-refractivity contribution in [1.29, 1.82) is 5.26 Å². The molecular formula is C20H16FN3O3S. The molecule has 1 aromatic heterocycles. The largest absolute Gasteiger partial charge is 0.456 e. The number of rotatable bonds is 6. The van der Waals surface area contributed by atoms with E-state index in [0.29, 0.717) is 5.75 Å². The minimum atomic E-state index is -4.00. The molecular weight excluding hydrogens is 381 g/mol. The Balaban J connectivity index is 1.90. The van der Waals surface area contributed by atoms with Gasteiger partial charge < -0.3 is 4.74 Å². The second-order valence-corrected chi connectivity index (χ2v) is 7.48. The topological polar surface area (TPSA) is 92.1 Å². The van der Waals surface area contributed by atoms with Gasteiger partial charge in [-0.3, -0.25) is 4.72 Å². The van der Waals surface area contributed by atoms with Crippen LogP contribution in [0.5, 0.6) is 11.5 Å². The van der Waals surface area contributed by atoms with E-state index >= 15 is 0 Å². The van der Waals surface area contributed by atoms with E-state index in [2.05, 4.69) is 9.71 Å². The van der Waals surface area contributed by atoms with Crippen LogP contribution >= 0.6 is 0 Å². The molecule has 0 saturated carbocycles. The number of nitrogens with zero attached hydrogens (tertiary/aromatic N) is 2. The molecule has 0 bridgehead atoms. The van der Waals surface area contributed by atoms with Gasteiger partial charge in [0.15, 0.2) is 0 Å². The van der Waals surface area contributed by atoms with Crippen LogP contribution < -0.4 is 9.46 Å². The highest BCUT2D eigenvalue weighted by Gasteiger charge is 2.18. The highest BCUT2D eigenvalue weighted by atomic mass is 32.2. The van der Waals surface area contributed by atoms with Gasteiger partial charge in [-0.2, -0.15) is 5.26 Å². The van der Waals surface area contributed by atoms with Crippen LogP contribution in [0.4, 0.5) is 10.2 Å². The number of para-hydroxylation sites is 1. The Bertz CT molecular complexity index is 1140. The number of sulfonamides is 1. The molecule has 2 aromatic carbocycles. The molecule has 142 valence electrons. The normalized spacial score (nSPS) is 10.9. The molecule has 0 aliphatic rings. The summed E-state index contributed by atoms with van der Waals surface area (Å²) >= 11 is 0. The van der Waals surface area contributed by atoms with Gasteiger partial charge in [-0.1, -0.05) is 25.1 Å². The van der Waals surface area contributed by atoms with Crippen LogP contribution in [0.15, 0.2) is 65.7 Å². The molecule has 0 aliphatic heterocycles. The molecule has 6 nitrogen and oxygen atoms in total. The quantitative estimate of drug-likeness (QED) is 0.671. The fraction of sp³-hybridized carbons (Fsp3) is 0.100. The summed E-state index contributed by atoms with van der Waals surface area (Å²) in [7, 11) is -4.00.